The van der Waals surface area contributed by atoms with Crippen LogP contribution in [-0.4, -0.2) is 44.0 Å². The lowest BCUT2D eigenvalue weighted by atomic mass is 10.2. The van der Waals surface area contributed by atoms with E-state index in [2.05, 4.69) is 12.2 Å². The van der Waals surface area contributed by atoms with Crippen molar-refractivity contribution in [1.82, 2.24) is 5.32 Å². The lowest BCUT2D eigenvalue weighted by molar-refractivity contribution is 0.522. The largest absolute Gasteiger partial charge is 0.314 e. The summed E-state index contributed by atoms with van der Waals surface area (Å²) in [5.74, 6) is 0. The van der Waals surface area contributed by atoms with Gasteiger partial charge in [0.05, 0.1) is 4.75 Å². The van der Waals surface area contributed by atoms with Crippen LogP contribution in [-0.2, 0) is 9.84 Å². The topological polar surface area (TPSA) is 46.2 Å². The van der Waals surface area contributed by atoms with Gasteiger partial charge in [0.2, 0.25) is 0 Å². The van der Waals surface area contributed by atoms with Crippen molar-refractivity contribution in [1.29, 1.82) is 0 Å². The number of nitrogens with one attached hydrogen (secondary N) is 1. The van der Waals surface area contributed by atoms with E-state index < -0.39 is 14.6 Å². The summed E-state index contributed by atoms with van der Waals surface area (Å²) in [6, 6.07) is 0. The van der Waals surface area contributed by atoms with E-state index >= 15 is 0 Å². The number of sulfone groups is 1. The van der Waals surface area contributed by atoms with Crippen molar-refractivity contribution in [2.45, 2.75) is 30.8 Å². The van der Waals surface area contributed by atoms with E-state index in [-0.39, 0.29) is 0 Å². The van der Waals surface area contributed by atoms with Crippen LogP contribution in [0, 0.1) is 0 Å². The van der Waals surface area contributed by atoms with Gasteiger partial charge >= 0.3 is 0 Å². The molecule has 0 saturated carbocycles. The van der Waals surface area contributed by atoms with Crippen LogP contribution < -0.4 is 5.32 Å². The second-order valence-corrected chi connectivity index (χ2v) is 8.13. The Balaban J connectivity index is 4.02. The van der Waals surface area contributed by atoms with E-state index in [1.54, 1.807) is 25.6 Å². The molecular weight excluding hydrogens is 218 g/mol. The summed E-state index contributed by atoms with van der Waals surface area (Å²) in [7, 11) is -2.98. The van der Waals surface area contributed by atoms with Gasteiger partial charge in [-0.25, -0.2) is 8.42 Å². The molecule has 0 spiro atoms. The zero-order valence-electron chi connectivity index (χ0n) is 9.62. The number of hydrogen-bond donors (Lipinski definition) is 1. The number of rotatable bonds is 6. The first kappa shape index (κ1) is 14.3. The Morgan fingerprint density at radius 2 is 1.93 bits per heavy atom. The van der Waals surface area contributed by atoms with Crippen LogP contribution in [0.4, 0.5) is 0 Å². The minimum Gasteiger partial charge on any atom is -0.314 e. The highest BCUT2D eigenvalue weighted by Crippen LogP contribution is 2.13. The molecule has 0 radical (unpaired) electrons. The molecule has 0 aliphatic carbocycles. The van der Waals surface area contributed by atoms with E-state index in [0.29, 0.717) is 11.8 Å². The maximum absolute atomic E-state index is 11.4. The van der Waals surface area contributed by atoms with E-state index in [9.17, 15) is 8.42 Å². The van der Waals surface area contributed by atoms with Crippen molar-refractivity contribution < 1.29 is 8.42 Å². The molecule has 1 N–H and O–H groups in total. The van der Waals surface area contributed by atoms with Gasteiger partial charge in [-0.3, -0.25) is 0 Å². The first-order valence-corrected chi connectivity index (χ1v) is 7.82. The Morgan fingerprint density at radius 3 is 2.29 bits per heavy atom. The second-order valence-electron chi connectivity index (χ2n) is 4.21. The Kier molecular flexibility index (Phi) is 5.47. The third kappa shape index (κ3) is 4.66. The quantitative estimate of drug-likeness (QED) is 0.755. The summed E-state index contributed by atoms with van der Waals surface area (Å²) in [5.41, 5.74) is 0. The van der Waals surface area contributed by atoms with Gasteiger partial charge in [-0.15, -0.1) is 0 Å². The molecule has 0 bridgehead atoms. The zero-order valence-corrected chi connectivity index (χ0v) is 11.3. The molecule has 0 aromatic carbocycles. The van der Waals surface area contributed by atoms with E-state index in [1.807, 2.05) is 6.26 Å². The Morgan fingerprint density at radius 1 is 1.43 bits per heavy atom. The molecule has 3 nitrogen and oxygen atoms in total. The molecular formula is C9H21NO2S2. The fraction of sp³-hybridized carbons (Fsp3) is 1.00. The summed E-state index contributed by atoms with van der Waals surface area (Å²) in [5, 5.41) is 3.70. The van der Waals surface area contributed by atoms with Crippen LogP contribution in [0.1, 0.15) is 20.8 Å². The maximum Gasteiger partial charge on any atom is 0.153 e. The van der Waals surface area contributed by atoms with Crippen molar-refractivity contribution in [2.75, 3.05) is 25.6 Å². The van der Waals surface area contributed by atoms with Crippen molar-refractivity contribution in [3.8, 4) is 0 Å². The highest BCUT2D eigenvalue weighted by atomic mass is 32.2. The maximum atomic E-state index is 11.4. The molecule has 86 valence electrons. The summed E-state index contributed by atoms with van der Waals surface area (Å²) < 4.78 is 22.0. The van der Waals surface area contributed by atoms with Crippen molar-refractivity contribution in [3.05, 3.63) is 0 Å². The van der Waals surface area contributed by atoms with Gasteiger partial charge < -0.3 is 5.32 Å². The van der Waals surface area contributed by atoms with Crippen LogP contribution in [0.25, 0.3) is 0 Å². The fourth-order valence-corrected chi connectivity index (χ4v) is 1.44. The predicted octanol–water partition coefficient (Wildman–Crippen LogP) is 1.15. The normalized spacial score (nSPS) is 15.5. The molecule has 0 aliphatic heterocycles. The minimum atomic E-state index is -2.98. The second kappa shape index (κ2) is 5.37. The molecule has 0 aromatic heterocycles. The van der Waals surface area contributed by atoms with Crippen LogP contribution in [0.2, 0.25) is 0 Å². The molecule has 0 amide bonds. The van der Waals surface area contributed by atoms with Gasteiger partial charge in [0, 0.05) is 24.6 Å². The number of thioether (sulfide) groups is 1. The zero-order chi connectivity index (χ0) is 11.4. The third-order valence-electron chi connectivity index (χ3n) is 2.39. The van der Waals surface area contributed by atoms with E-state index in [1.165, 1.54) is 6.26 Å². The third-order valence-corrected chi connectivity index (χ3v) is 5.51. The average molecular weight is 239 g/mol. The molecule has 0 heterocycles. The summed E-state index contributed by atoms with van der Waals surface area (Å²) in [6.45, 7) is 6.97. The summed E-state index contributed by atoms with van der Waals surface area (Å²) in [6.07, 6.45) is 3.33. The first-order chi connectivity index (χ1) is 6.20. The van der Waals surface area contributed by atoms with Gasteiger partial charge in [0.25, 0.3) is 0 Å². The summed E-state index contributed by atoms with van der Waals surface area (Å²) in [4.78, 5) is 0. The Hall–Kier alpha value is 0.260. The lowest BCUT2D eigenvalue weighted by Gasteiger charge is -2.23. The fourth-order valence-electron chi connectivity index (χ4n) is 0.791. The highest BCUT2D eigenvalue weighted by molar-refractivity contribution is 7.99. The van der Waals surface area contributed by atoms with Crippen LogP contribution in [0.5, 0.6) is 0 Å². The predicted molar refractivity (Wildman–Crippen MR) is 64.8 cm³/mol. The Labute approximate surface area is 92.0 Å². The summed E-state index contributed by atoms with van der Waals surface area (Å²) >= 11 is 1.77. The minimum absolute atomic E-state index is 0.511. The number of hydrogen-bond acceptors (Lipinski definition) is 4. The monoisotopic (exact) mass is 239 g/mol. The van der Waals surface area contributed by atoms with E-state index in [4.69, 9.17) is 0 Å². The van der Waals surface area contributed by atoms with Crippen molar-refractivity contribution in [3.63, 3.8) is 0 Å². The molecule has 0 saturated heterocycles. The van der Waals surface area contributed by atoms with Crippen LogP contribution in [0.3, 0.4) is 0 Å². The van der Waals surface area contributed by atoms with Crippen molar-refractivity contribution >= 4 is 21.6 Å². The average Bonchev–Trinajstić information content (AvgIpc) is 2.01. The van der Waals surface area contributed by atoms with E-state index in [0.717, 1.165) is 6.54 Å². The smallest absolute Gasteiger partial charge is 0.153 e. The molecule has 0 aliphatic rings. The van der Waals surface area contributed by atoms with Gasteiger partial charge in [-0.05, 0) is 20.1 Å². The highest BCUT2D eigenvalue weighted by Gasteiger charge is 2.29. The van der Waals surface area contributed by atoms with Crippen molar-refractivity contribution in [2.24, 2.45) is 0 Å². The SMILES string of the molecule is CSC(C)CNCC(C)(C)S(C)(=O)=O. The van der Waals surface area contributed by atoms with Gasteiger partial charge in [0.15, 0.2) is 9.84 Å². The molecule has 1 unspecified atom stereocenters. The standard InChI is InChI=1S/C9H21NO2S2/c1-8(13-4)6-10-7-9(2,3)14(5,11)12/h8,10H,6-7H2,1-5H3. The molecule has 14 heavy (non-hydrogen) atoms. The molecule has 5 heteroatoms. The van der Waals surface area contributed by atoms with Gasteiger partial charge in [-0.2, -0.15) is 11.8 Å². The van der Waals surface area contributed by atoms with Crippen LogP contribution >= 0.6 is 11.8 Å². The molecule has 1 atom stereocenters. The van der Waals surface area contributed by atoms with Crippen LogP contribution in [0.15, 0.2) is 0 Å². The molecule has 0 fully saturated rings. The lowest BCUT2D eigenvalue weighted by Crippen LogP contribution is -2.43. The van der Waals surface area contributed by atoms with Gasteiger partial charge in [0.1, 0.15) is 0 Å². The first-order valence-electron chi connectivity index (χ1n) is 4.64. The molecule has 0 aromatic rings. The Bertz CT molecular complexity index is 260. The molecule has 0 rings (SSSR count). The van der Waals surface area contributed by atoms with Gasteiger partial charge in [-0.1, -0.05) is 6.92 Å².